The number of allylic oxidation sites excluding steroid dienone is 1. The molecule has 222 valence electrons. The third-order valence-electron chi connectivity index (χ3n) is 6.66. The number of carbonyl (C=O) groups excluding carboxylic acids is 1. The first-order chi connectivity index (χ1) is 20.7. The first-order valence-corrected chi connectivity index (χ1v) is 15.4. The van der Waals surface area contributed by atoms with Crippen LogP contribution in [0.2, 0.25) is 10.0 Å². The van der Waals surface area contributed by atoms with Crippen molar-refractivity contribution in [2.45, 2.75) is 46.4 Å². The Kier molecular flexibility index (Phi) is 9.40. The molecule has 0 radical (unpaired) electrons. The van der Waals surface area contributed by atoms with Gasteiger partial charge in [-0.25, -0.2) is 9.79 Å². The van der Waals surface area contributed by atoms with Crippen LogP contribution in [0.4, 0.5) is 0 Å². The second kappa shape index (κ2) is 13.2. The quantitative estimate of drug-likeness (QED) is 0.197. The van der Waals surface area contributed by atoms with Crippen LogP contribution in [-0.2, 0) is 16.1 Å². The van der Waals surface area contributed by atoms with Crippen LogP contribution in [0.15, 0.2) is 87.8 Å². The fourth-order valence-corrected chi connectivity index (χ4v) is 6.31. The van der Waals surface area contributed by atoms with Crippen molar-refractivity contribution in [3.63, 3.8) is 0 Å². The summed E-state index contributed by atoms with van der Waals surface area (Å²) < 4.78 is 19.5. The van der Waals surface area contributed by atoms with Crippen LogP contribution in [0.3, 0.4) is 0 Å². The van der Waals surface area contributed by atoms with Crippen molar-refractivity contribution in [1.82, 2.24) is 4.57 Å². The van der Waals surface area contributed by atoms with Gasteiger partial charge in [0.2, 0.25) is 0 Å². The van der Waals surface area contributed by atoms with E-state index in [1.54, 1.807) is 36.6 Å². The number of aromatic nitrogens is 1. The summed E-state index contributed by atoms with van der Waals surface area (Å²) in [6, 6.07) is 19.3. The lowest BCUT2D eigenvalue weighted by Gasteiger charge is -2.26. The highest BCUT2D eigenvalue weighted by Gasteiger charge is 2.35. The molecular formula is C33H30Cl2N2O5S. The predicted octanol–water partition coefficient (Wildman–Crippen LogP) is 6.47. The highest BCUT2D eigenvalue weighted by Crippen LogP contribution is 2.36. The summed E-state index contributed by atoms with van der Waals surface area (Å²) in [6.07, 6.45) is 1.68. The Bertz CT molecular complexity index is 1890. The maximum atomic E-state index is 14.0. The molecule has 4 aromatic rings. The third kappa shape index (κ3) is 6.72. The minimum absolute atomic E-state index is 0.113. The zero-order valence-corrected chi connectivity index (χ0v) is 26.4. The Hall–Kier alpha value is -3.85. The summed E-state index contributed by atoms with van der Waals surface area (Å²) in [4.78, 5) is 32.4. The van der Waals surface area contributed by atoms with Crippen LogP contribution in [0.1, 0.15) is 50.4 Å². The Balaban J connectivity index is 1.57. The number of fused-ring (bicyclic) bond motifs is 1. The molecule has 0 fully saturated rings. The number of benzene rings is 3. The Morgan fingerprint density at radius 3 is 2.63 bits per heavy atom. The second-order valence-electron chi connectivity index (χ2n) is 10.1. The molecule has 5 rings (SSSR count). The van der Waals surface area contributed by atoms with Gasteiger partial charge in [-0.2, -0.15) is 0 Å². The van der Waals surface area contributed by atoms with Crippen LogP contribution in [0.25, 0.3) is 6.08 Å². The molecule has 2 heterocycles. The van der Waals surface area contributed by atoms with E-state index in [4.69, 9.17) is 37.4 Å². The number of hydrogen-bond acceptors (Lipinski definition) is 7. The molecule has 0 saturated carbocycles. The molecule has 0 aliphatic carbocycles. The molecule has 0 spiro atoms. The number of thiazole rings is 1. The molecule has 43 heavy (non-hydrogen) atoms. The van der Waals surface area contributed by atoms with Crippen LogP contribution in [0, 0.1) is 0 Å². The van der Waals surface area contributed by atoms with Crippen molar-refractivity contribution >= 4 is 46.6 Å². The average molecular weight is 638 g/mol. The number of halogens is 2. The summed E-state index contributed by atoms with van der Waals surface area (Å²) in [7, 11) is 0. The van der Waals surface area contributed by atoms with Gasteiger partial charge in [0.15, 0.2) is 4.80 Å². The van der Waals surface area contributed by atoms with Crippen LogP contribution in [-0.4, -0.2) is 23.2 Å². The minimum Gasteiger partial charge on any atom is -0.491 e. The van der Waals surface area contributed by atoms with E-state index in [-0.39, 0.29) is 24.9 Å². The van der Waals surface area contributed by atoms with E-state index in [1.807, 2.05) is 68.4 Å². The third-order valence-corrected chi connectivity index (χ3v) is 8.23. The number of ether oxygens (including phenoxy) is 3. The van der Waals surface area contributed by atoms with E-state index in [0.29, 0.717) is 47.7 Å². The molecule has 0 unspecified atom stereocenters. The monoisotopic (exact) mass is 636 g/mol. The number of hydrogen-bond donors (Lipinski definition) is 0. The highest BCUT2D eigenvalue weighted by atomic mass is 35.5. The van der Waals surface area contributed by atoms with Crippen molar-refractivity contribution < 1.29 is 19.0 Å². The van der Waals surface area contributed by atoms with E-state index in [2.05, 4.69) is 4.99 Å². The van der Waals surface area contributed by atoms with E-state index in [9.17, 15) is 9.59 Å². The van der Waals surface area contributed by atoms with E-state index in [0.717, 1.165) is 11.1 Å². The highest BCUT2D eigenvalue weighted by molar-refractivity contribution is 7.07. The zero-order valence-electron chi connectivity index (χ0n) is 24.1. The predicted molar refractivity (Wildman–Crippen MR) is 170 cm³/mol. The van der Waals surface area contributed by atoms with Gasteiger partial charge in [0.1, 0.15) is 24.1 Å². The molecular weight excluding hydrogens is 607 g/mol. The number of para-hydroxylation sites is 1. The van der Waals surface area contributed by atoms with Gasteiger partial charge >= 0.3 is 5.97 Å². The van der Waals surface area contributed by atoms with Crippen molar-refractivity contribution in [3.8, 4) is 11.5 Å². The molecule has 0 amide bonds. The smallest absolute Gasteiger partial charge is 0.338 e. The first kappa shape index (κ1) is 30.6. The molecule has 0 N–H and O–H groups in total. The van der Waals surface area contributed by atoms with E-state index in [1.165, 1.54) is 11.3 Å². The Morgan fingerprint density at radius 2 is 1.88 bits per heavy atom. The van der Waals surface area contributed by atoms with Crippen molar-refractivity contribution in [2.75, 3.05) is 6.61 Å². The summed E-state index contributed by atoms with van der Waals surface area (Å²) in [5.41, 5.74) is 2.77. The topological polar surface area (TPSA) is 79.1 Å². The normalized spacial score (nSPS) is 14.9. The molecule has 0 bridgehead atoms. The van der Waals surface area contributed by atoms with Gasteiger partial charge in [-0.3, -0.25) is 9.36 Å². The van der Waals surface area contributed by atoms with Crippen LogP contribution in [0.5, 0.6) is 11.5 Å². The van der Waals surface area contributed by atoms with Crippen molar-refractivity contribution in [2.24, 2.45) is 4.99 Å². The summed E-state index contributed by atoms with van der Waals surface area (Å²) in [6.45, 7) is 7.82. The van der Waals surface area contributed by atoms with Crippen LogP contribution < -0.4 is 24.4 Å². The van der Waals surface area contributed by atoms with E-state index >= 15 is 0 Å². The van der Waals surface area contributed by atoms with Gasteiger partial charge in [-0.15, -0.1) is 0 Å². The fourth-order valence-electron chi connectivity index (χ4n) is 4.80. The maximum Gasteiger partial charge on any atom is 0.338 e. The van der Waals surface area contributed by atoms with Gasteiger partial charge in [0.25, 0.3) is 5.56 Å². The van der Waals surface area contributed by atoms with Gasteiger partial charge in [-0.05, 0) is 69.7 Å². The number of carbonyl (C=O) groups is 1. The maximum absolute atomic E-state index is 14.0. The van der Waals surface area contributed by atoms with Crippen molar-refractivity contribution in [1.29, 1.82) is 0 Å². The molecule has 7 nitrogen and oxygen atoms in total. The molecule has 1 aromatic heterocycles. The summed E-state index contributed by atoms with van der Waals surface area (Å²) in [5.74, 6) is 0.679. The first-order valence-electron chi connectivity index (χ1n) is 13.8. The number of esters is 1. The lowest BCUT2D eigenvalue weighted by molar-refractivity contribution is -0.139. The number of rotatable bonds is 9. The minimum atomic E-state index is -0.772. The zero-order chi connectivity index (χ0) is 30.7. The Labute approximate surface area is 263 Å². The summed E-state index contributed by atoms with van der Waals surface area (Å²) in [5, 5.41) is 1.08. The molecule has 3 aromatic carbocycles. The molecule has 1 aliphatic rings. The van der Waals surface area contributed by atoms with Gasteiger partial charge < -0.3 is 14.2 Å². The van der Waals surface area contributed by atoms with Gasteiger partial charge in [0, 0.05) is 21.2 Å². The SMILES string of the molecule is CCOC(=O)C1=C(C)N=c2s/c(=C\c3cccc(OCc4ccc(Cl)cc4Cl)c3)c(=O)n2[C@H]1c1ccccc1OC(C)C. The molecule has 0 saturated heterocycles. The molecule has 1 aliphatic heterocycles. The van der Waals surface area contributed by atoms with E-state index < -0.39 is 12.0 Å². The van der Waals surface area contributed by atoms with Crippen molar-refractivity contribution in [3.05, 3.63) is 124 Å². The lowest BCUT2D eigenvalue weighted by Crippen LogP contribution is -2.40. The average Bonchev–Trinajstić information content (AvgIpc) is 3.26. The fraction of sp³-hybridized carbons (Fsp3) is 0.242. The lowest BCUT2D eigenvalue weighted by atomic mass is 9.95. The van der Waals surface area contributed by atoms with Gasteiger partial charge in [0.05, 0.1) is 28.5 Å². The molecule has 10 heteroatoms. The molecule has 1 atom stereocenters. The second-order valence-corrected chi connectivity index (χ2v) is 12.0. The van der Waals surface area contributed by atoms with Crippen LogP contribution >= 0.6 is 34.5 Å². The largest absolute Gasteiger partial charge is 0.491 e. The standard InChI is InChI=1S/C33H30Cl2N2O5S/c1-5-40-32(39)29-20(4)36-33-37(30(29)25-11-6-7-12-27(25)42-19(2)3)31(38)28(43-33)16-21-9-8-10-24(15-21)41-18-22-13-14-23(34)17-26(22)35/h6-17,19,30H,5,18H2,1-4H3/b28-16-/t30-/m0/s1. The van der Waals surface area contributed by atoms with Gasteiger partial charge in [-0.1, -0.05) is 70.9 Å². The Morgan fingerprint density at radius 1 is 1.09 bits per heavy atom. The number of nitrogens with zero attached hydrogens (tertiary/aromatic N) is 2. The summed E-state index contributed by atoms with van der Waals surface area (Å²) >= 11 is 13.6.